The van der Waals surface area contributed by atoms with Crippen LogP contribution in [0, 0.1) is 5.92 Å². The molecule has 0 aliphatic rings. The third-order valence-corrected chi connectivity index (χ3v) is 3.38. The van der Waals surface area contributed by atoms with E-state index >= 15 is 0 Å². The van der Waals surface area contributed by atoms with Gasteiger partial charge in [-0.05, 0) is 48.2 Å². The number of nitrogens with one attached hydrogen (secondary N) is 1. The molecule has 0 aliphatic heterocycles. The molecule has 0 heterocycles. The summed E-state index contributed by atoms with van der Waals surface area (Å²) in [5, 5.41) is 15.4. The lowest BCUT2D eigenvalue weighted by Gasteiger charge is -2.14. The number of rotatable bonds is 6. The third kappa shape index (κ3) is 4.34. The van der Waals surface area contributed by atoms with E-state index in [0.29, 0.717) is 5.92 Å². The lowest BCUT2D eigenvalue weighted by molar-refractivity contribution is 0.163. The molecule has 2 rings (SSSR count). The van der Waals surface area contributed by atoms with E-state index in [-0.39, 0.29) is 6.10 Å². The van der Waals surface area contributed by atoms with Gasteiger partial charge in [0, 0.05) is 6.54 Å². The summed E-state index contributed by atoms with van der Waals surface area (Å²) in [5.74, 6) is 0.500. The number of benzene rings is 2. The van der Waals surface area contributed by atoms with Crippen molar-refractivity contribution < 1.29 is 5.11 Å². The van der Waals surface area contributed by atoms with Crippen molar-refractivity contribution in [2.45, 2.75) is 32.9 Å². The Bertz CT molecular complexity index is 521. The van der Waals surface area contributed by atoms with Gasteiger partial charge in [-0.2, -0.15) is 0 Å². The second-order valence-electron chi connectivity index (χ2n) is 5.50. The van der Waals surface area contributed by atoms with E-state index in [1.807, 2.05) is 6.92 Å². The molecule has 0 saturated carbocycles. The largest absolute Gasteiger partial charge is 0.393 e. The number of aliphatic hydroxyl groups is 1. The summed E-state index contributed by atoms with van der Waals surface area (Å²) in [4.78, 5) is 0. The molecule has 2 aromatic rings. The number of fused-ring (bicyclic) bond motifs is 1. The predicted octanol–water partition coefficient (Wildman–Crippen LogP) is 3.34. The standard InChI is InChI=1S/C17H23NO/c1-13(9-14(2)19)11-18-12-15-7-8-16-5-3-4-6-17(16)10-15/h3-8,10,13-14,18-19H,9,11-12H2,1-2H3. The van der Waals surface area contributed by atoms with E-state index in [9.17, 15) is 5.11 Å². The predicted molar refractivity (Wildman–Crippen MR) is 81.1 cm³/mol. The summed E-state index contributed by atoms with van der Waals surface area (Å²) in [5.41, 5.74) is 1.31. The summed E-state index contributed by atoms with van der Waals surface area (Å²) in [6.07, 6.45) is 0.641. The molecule has 2 heteroatoms. The third-order valence-electron chi connectivity index (χ3n) is 3.38. The first kappa shape index (κ1) is 14.0. The van der Waals surface area contributed by atoms with E-state index in [0.717, 1.165) is 19.5 Å². The molecular weight excluding hydrogens is 234 g/mol. The zero-order chi connectivity index (χ0) is 13.7. The first-order valence-electron chi connectivity index (χ1n) is 7.01. The Balaban J connectivity index is 1.88. The number of aliphatic hydroxyl groups excluding tert-OH is 1. The van der Waals surface area contributed by atoms with Crippen molar-refractivity contribution in [2.24, 2.45) is 5.92 Å². The van der Waals surface area contributed by atoms with Crippen LogP contribution in [0.2, 0.25) is 0 Å². The Morgan fingerprint density at radius 3 is 2.53 bits per heavy atom. The summed E-state index contributed by atoms with van der Waals surface area (Å²) < 4.78 is 0. The van der Waals surface area contributed by atoms with E-state index in [4.69, 9.17) is 0 Å². The zero-order valence-corrected chi connectivity index (χ0v) is 11.8. The van der Waals surface area contributed by atoms with Crippen LogP contribution in [0.1, 0.15) is 25.8 Å². The van der Waals surface area contributed by atoms with Gasteiger partial charge in [0.15, 0.2) is 0 Å². The Morgan fingerprint density at radius 1 is 1.05 bits per heavy atom. The highest BCUT2D eigenvalue weighted by Crippen LogP contribution is 2.15. The van der Waals surface area contributed by atoms with Gasteiger partial charge in [0.25, 0.3) is 0 Å². The van der Waals surface area contributed by atoms with E-state index in [1.54, 1.807) is 0 Å². The minimum Gasteiger partial charge on any atom is -0.393 e. The average molecular weight is 257 g/mol. The molecule has 19 heavy (non-hydrogen) atoms. The molecular formula is C17H23NO. The molecule has 0 saturated heterocycles. The molecule has 0 amide bonds. The molecule has 0 fully saturated rings. The number of hydrogen-bond acceptors (Lipinski definition) is 2. The summed E-state index contributed by atoms with van der Waals surface area (Å²) in [7, 11) is 0. The quantitative estimate of drug-likeness (QED) is 0.832. The van der Waals surface area contributed by atoms with Gasteiger partial charge in [0.2, 0.25) is 0 Å². The smallest absolute Gasteiger partial charge is 0.0515 e. The van der Waals surface area contributed by atoms with Crippen molar-refractivity contribution in [1.29, 1.82) is 0 Å². The summed E-state index contributed by atoms with van der Waals surface area (Å²) in [6.45, 7) is 5.84. The van der Waals surface area contributed by atoms with Crippen LogP contribution in [-0.2, 0) is 6.54 Å². The van der Waals surface area contributed by atoms with Crippen LogP contribution in [0.25, 0.3) is 10.8 Å². The van der Waals surface area contributed by atoms with Crippen LogP contribution in [0.4, 0.5) is 0 Å². The van der Waals surface area contributed by atoms with Gasteiger partial charge in [0.05, 0.1) is 6.10 Å². The Labute approximate surface area is 115 Å². The van der Waals surface area contributed by atoms with Crippen LogP contribution in [0.3, 0.4) is 0 Å². The molecule has 2 N–H and O–H groups in total. The Hall–Kier alpha value is -1.38. The maximum Gasteiger partial charge on any atom is 0.0515 e. The van der Waals surface area contributed by atoms with Crippen LogP contribution in [0.5, 0.6) is 0 Å². The van der Waals surface area contributed by atoms with Gasteiger partial charge in [-0.25, -0.2) is 0 Å². The van der Waals surface area contributed by atoms with Crippen molar-refractivity contribution in [1.82, 2.24) is 5.32 Å². The Kier molecular flexibility index (Phi) is 4.94. The van der Waals surface area contributed by atoms with E-state index in [2.05, 4.69) is 54.7 Å². The molecule has 0 aliphatic carbocycles. The van der Waals surface area contributed by atoms with Gasteiger partial charge in [-0.1, -0.05) is 43.3 Å². The second-order valence-corrected chi connectivity index (χ2v) is 5.50. The zero-order valence-electron chi connectivity index (χ0n) is 11.8. The monoisotopic (exact) mass is 257 g/mol. The first-order valence-corrected chi connectivity index (χ1v) is 7.01. The molecule has 0 bridgehead atoms. The van der Waals surface area contributed by atoms with Crippen molar-refractivity contribution >= 4 is 10.8 Å². The van der Waals surface area contributed by atoms with Gasteiger partial charge in [-0.15, -0.1) is 0 Å². The molecule has 0 spiro atoms. The minimum atomic E-state index is -0.211. The lowest BCUT2D eigenvalue weighted by atomic mass is 10.0. The minimum absolute atomic E-state index is 0.211. The molecule has 0 radical (unpaired) electrons. The van der Waals surface area contributed by atoms with Crippen molar-refractivity contribution in [2.75, 3.05) is 6.54 Å². The van der Waals surface area contributed by atoms with E-state index in [1.165, 1.54) is 16.3 Å². The normalized spacial score (nSPS) is 14.5. The molecule has 2 aromatic carbocycles. The first-order chi connectivity index (χ1) is 9.15. The van der Waals surface area contributed by atoms with Gasteiger partial charge in [-0.3, -0.25) is 0 Å². The highest BCUT2D eigenvalue weighted by Gasteiger charge is 2.05. The fraction of sp³-hybridized carbons (Fsp3) is 0.412. The van der Waals surface area contributed by atoms with Crippen LogP contribution in [0.15, 0.2) is 42.5 Å². The molecule has 0 aromatic heterocycles. The van der Waals surface area contributed by atoms with Crippen LogP contribution in [-0.4, -0.2) is 17.8 Å². The van der Waals surface area contributed by atoms with Crippen LogP contribution < -0.4 is 5.32 Å². The van der Waals surface area contributed by atoms with Crippen molar-refractivity contribution in [3.05, 3.63) is 48.0 Å². The fourth-order valence-corrected chi connectivity index (χ4v) is 2.48. The number of hydrogen-bond donors (Lipinski definition) is 2. The van der Waals surface area contributed by atoms with Crippen molar-refractivity contribution in [3.8, 4) is 0 Å². The Morgan fingerprint density at radius 2 is 1.79 bits per heavy atom. The highest BCUT2D eigenvalue weighted by atomic mass is 16.3. The van der Waals surface area contributed by atoms with E-state index < -0.39 is 0 Å². The maximum absolute atomic E-state index is 9.33. The molecule has 2 nitrogen and oxygen atoms in total. The molecule has 2 unspecified atom stereocenters. The van der Waals surface area contributed by atoms with Crippen molar-refractivity contribution in [3.63, 3.8) is 0 Å². The SMILES string of the molecule is CC(O)CC(C)CNCc1ccc2ccccc2c1. The average Bonchev–Trinajstić information content (AvgIpc) is 2.37. The van der Waals surface area contributed by atoms with Gasteiger partial charge < -0.3 is 10.4 Å². The highest BCUT2D eigenvalue weighted by molar-refractivity contribution is 5.82. The molecule has 2 atom stereocenters. The topological polar surface area (TPSA) is 32.3 Å². The lowest BCUT2D eigenvalue weighted by Crippen LogP contribution is -2.23. The van der Waals surface area contributed by atoms with Gasteiger partial charge in [0.1, 0.15) is 0 Å². The van der Waals surface area contributed by atoms with Gasteiger partial charge >= 0.3 is 0 Å². The van der Waals surface area contributed by atoms with Crippen LogP contribution >= 0.6 is 0 Å². The summed E-state index contributed by atoms with van der Waals surface area (Å²) >= 11 is 0. The second kappa shape index (κ2) is 6.69. The summed E-state index contributed by atoms with van der Waals surface area (Å²) in [6, 6.07) is 15.0. The maximum atomic E-state index is 9.33. The molecule has 102 valence electrons. The fourth-order valence-electron chi connectivity index (χ4n) is 2.48.